The Kier molecular flexibility index (Phi) is 5.07. The lowest BCUT2D eigenvalue weighted by Crippen LogP contribution is -2.49. The summed E-state index contributed by atoms with van der Waals surface area (Å²) in [4.78, 5) is 14.4. The Balaban J connectivity index is 2.84. The molecule has 1 saturated heterocycles. The molecule has 0 saturated carbocycles. The minimum absolute atomic E-state index is 0.0494. The molecule has 1 fully saturated rings. The van der Waals surface area contributed by atoms with Gasteiger partial charge in [0.05, 0.1) is 11.7 Å². The number of nitrogens with one attached hydrogen (secondary N) is 1. The summed E-state index contributed by atoms with van der Waals surface area (Å²) in [6.07, 6.45) is 3.81. The number of nitrogens with zero attached hydrogens (tertiary/aromatic N) is 1. The fourth-order valence-corrected chi connectivity index (χ4v) is 2.99. The molecule has 1 heterocycles. The van der Waals surface area contributed by atoms with Gasteiger partial charge in [-0.15, -0.1) is 11.6 Å². The van der Waals surface area contributed by atoms with Crippen molar-refractivity contribution < 1.29 is 4.79 Å². The van der Waals surface area contributed by atoms with Crippen LogP contribution < -0.4 is 5.32 Å². The van der Waals surface area contributed by atoms with E-state index in [1.165, 1.54) is 0 Å². The number of amides is 1. The van der Waals surface area contributed by atoms with Crippen LogP contribution in [0.15, 0.2) is 0 Å². The Hall–Kier alpha value is -0.280. The second-order valence-electron chi connectivity index (χ2n) is 6.41. The van der Waals surface area contributed by atoms with Crippen molar-refractivity contribution in [3.05, 3.63) is 0 Å². The Morgan fingerprint density at radius 2 is 2.00 bits per heavy atom. The van der Waals surface area contributed by atoms with Crippen molar-refractivity contribution in [2.24, 2.45) is 5.41 Å². The van der Waals surface area contributed by atoms with Crippen molar-refractivity contribution in [3.8, 4) is 0 Å². The third-order valence-electron chi connectivity index (χ3n) is 3.94. The molecule has 1 aliphatic heterocycles. The normalized spacial score (nSPS) is 29.1. The lowest BCUT2D eigenvalue weighted by Gasteiger charge is -2.33. The van der Waals surface area contributed by atoms with E-state index in [1.807, 2.05) is 11.9 Å². The van der Waals surface area contributed by atoms with Crippen LogP contribution in [0.2, 0.25) is 0 Å². The maximum absolute atomic E-state index is 12.5. The lowest BCUT2D eigenvalue weighted by molar-refractivity contribution is -0.133. The van der Waals surface area contributed by atoms with Crippen molar-refractivity contribution in [2.75, 3.05) is 12.9 Å². The summed E-state index contributed by atoms with van der Waals surface area (Å²) in [6.45, 7) is 8.58. The van der Waals surface area contributed by atoms with Crippen LogP contribution in [0.3, 0.4) is 0 Å². The molecule has 0 aliphatic carbocycles. The Morgan fingerprint density at radius 1 is 1.39 bits per heavy atom. The molecule has 0 aromatic carbocycles. The smallest absolute Gasteiger partial charge is 0.243 e. The first-order chi connectivity index (χ1) is 8.28. The van der Waals surface area contributed by atoms with Crippen LogP contribution in [0.25, 0.3) is 0 Å². The summed E-state index contributed by atoms with van der Waals surface area (Å²) in [5, 5.41) is 3.59. The quantitative estimate of drug-likeness (QED) is 0.617. The van der Waals surface area contributed by atoms with Crippen molar-refractivity contribution in [2.45, 2.75) is 65.1 Å². The summed E-state index contributed by atoms with van der Waals surface area (Å²) >= 11 is 5.73. The highest BCUT2D eigenvalue weighted by Crippen LogP contribution is 2.34. The number of hydrogen-bond acceptors (Lipinski definition) is 2. The van der Waals surface area contributed by atoms with Crippen molar-refractivity contribution in [1.29, 1.82) is 0 Å². The predicted molar refractivity (Wildman–Crippen MR) is 76.7 cm³/mol. The van der Waals surface area contributed by atoms with Crippen LogP contribution >= 0.6 is 11.6 Å². The van der Waals surface area contributed by atoms with E-state index in [0.717, 1.165) is 25.7 Å². The van der Waals surface area contributed by atoms with E-state index in [1.54, 1.807) is 0 Å². The fourth-order valence-electron chi connectivity index (χ4n) is 2.80. The minimum Gasteiger partial charge on any atom is -0.328 e. The van der Waals surface area contributed by atoms with Gasteiger partial charge < -0.3 is 4.90 Å². The highest BCUT2D eigenvalue weighted by molar-refractivity contribution is 6.17. The number of halogens is 1. The Bertz CT molecular complexity index is 301. The van der Waals surface area contributed by atoms with E-state index >= 15 is 0 Å². The first-order valence-electron chi connectivity index (χ1n) is 6.89. The van der Waals surface area contributed by atoms with E-state index < -0.39 is 0 Å². The summed E-state index contributed by atoms with van der Waals surface area (Å²) in [5.41, 5.74) is -0.327. The number of carbonyl (C=O) groups is 1. The highest BCUT2D eigenvalue weighted by atomic mass is 35.5. The lowest BCUT2D eigenvalue weighted by atomic mass is 9.88. The van der Waals surface area contributed by atoms with Gasteiger partial charge in [0.1, 0.15) is 0 Å². The van der Waals surface area contributed by atoms with Crippen LogP contribution in [-0.4, -0.2) is 35.4 Å². The standard InChI is InChI=1S/C14H27ClN2O/c1-6-14(9-7-8-10-15)12(18)17(5)11(16-14)13(2,3)4/h11,16H,6-10H2,1-5H3. The molecule has 106 valence electrons. The van der Waals surface area contributed by atoms with Gasteiger partial charge in [-0.05, 0) is 31.1 Å². The van der Waals surface area contributed by atoms with Gasteiger partial charge in [0, 0.05) is 12.9 Å². The largest absolute Gasteiger partial charge is 0.328 e. The van der Waals surface area contributed by atoms with Crippen LogP contribution in [0.4, 0.5) is 0 Å². The zero-order valence-corrected chi connectivity index (χ0v) is 13.1. The number of hydrogen-bond donors (Lipinski definition) is 1. The zero-order valence-electron chi connectivity index (χ0n) is 12.3. The van der Waals surface area contributed by atoms with E-state index in [-0.39, 0.29) is 23.0 Å². The molecular formula is C14H27ClN2O. The molecule has 0 spiro atoms. The molecule has 0 aromatic heterocycles. The summed E-state index contributed by atoms with van der Waals surface area (Å²) in [6, 6.07) is 0. The molecule has 0 bridgehead atoms. The second kappa shape index (κ2) is 5.79. The number of likely N-dealkylation sites (N-methyl/N-ethyl adjacent to an activating group) is 1. The molecule has 4 heteroatoms. The third kappa shape index (κ3) is 3.00. The number of alkyl halides is 1. The van der Waals surface area contributed by atoms with Gasteiger partial charge in [0.25, 0.3) is 0 Å². The van der Waals surface area contributed by atoms with Gasteiger partial charge in [0.15, 0.2) is 0 Å². The first kappa shape index (κ1) is 15.8. The molecule has 1 amide bonds. The minimum atomic E-state index is -0.376. The molecule has 1 N–H and O–H groups in total. The van der Waals surface area contributed by atoms with Crippen LogP contribution in [0.1, 0.15) is 53.4 Å². The Labute approximate surface area is 116 Å². The molecule has 1 aliphatic rings. The molecule has 3 nitrogen and oxygen atoms in total. The Morgan fingerprint density at radius 3 is 2.39 bits per heavy atom. The van der Waals surface area contributed by atoms with Crippen molar-refractivity contribution >= 4 is 17.5 Å². The SMILES string of the molecule is CCC1(CCCCCl)NC(C(C)(C)C)N(C)C1=O. The van der Waals surface area contributed by atoms with E-state index in [9.17, 15) is 4.79 Å². The number of carbonyl (C=O) groups excluding carboxylic acids is 1. The molecule has 2 unspecified atom stereocenters. The van der Waals surface area contributed by atoms with E-state index in [2.05, 4.69) is 33.0 Å². The molecule has 1 rings (SSSR count). The molecule has 0 aromatic rings. The molecule has 2 atom stereocenters. The molecule has 18 heavy (non-hydrogen) atoms. The monoisotopic (exact) mass is 274 g/mol. The first-order valence-corrected chi connectivity index (χ1v) is 7.43. The fraction of sp³-hybridized carbons (Fsp3) is 0.929. The van der Waals surface area contributed by atoms with Crippen LogP contribution in [-0.2, 0) is 4.79 Å². The maximum Gasteiger partial charge on any atom is 0.243 e. The van der Waals surface area contributed by atoms with Crippen LogP contribution in [0.5, 0.6) is 0 Å². The summed E-state index contributed by atoms with van der Waals surface area (Å²) < 4.78 is 0. The summed E-state index contributed by atoms with van der Waals surface area (Å²) in [7, 11) is 1.91. The van der Waals surface area contributed by atoms with Crippen molar-refractivity contribution in [3.63, 3.8) is 0 Å². The van der Waals surface area contributed by atoms with Gasteiger partial charge in [-0.25, -0.2) is 0 Å². The van der Waals surface area contributed by atoms with Gasteiger partial charge in [-0.1, -0.05) is 27.7 Å². The van der Waals surface area contributed by atoms with Gasteiger partial charge in [-0.3, -0.25) is 10.1 Å². The van der Waals surface area contributed by atoms with Crippen molar-refractivity contribution in [1.82, 2.24) is 10.2 Å². The number of unbranched alkanes of at least 4 members (excludes halogenated alkanes) is 1. The maximum atomic E-state index is 12.5. The third-order valence-corrected chi connectivity index (χ3v) is 4.21. The highest BCUT2D eigenvalue weighted by Gasteiger charge is 2.51. The zero-order chi connectivity index (χ0) is 14.0. The molecule has 0 radical (unpaired) electrons. The van der Waals surface area contributed by atoms with Gasteiger partial charge >= 0.3 is 0 Å². The predicted octanol–water partition coefficient (Wildman–Crippen LogP) is 2.98. The average Bonchev–Trinajstić information content (AvgIpc) is 2.55. The van der Waals surface area contributed by atoms with Gasteiger partial charge in [-0.2, -0.15) is 0 Å². The van der Waals surface area contributed by atoms with E-state index in [0.29, 0.717) is 5.88 Å². The number of rotatable bonds is 5. The van der Waals surface area contributed by atoms with Gasteiger partial charge in [0.2, 0.25) is 5.91 Å². The summed E-state index contributed by atoms with van der Waals surface area (Å²) in [5.74, 6) is 0.909. The average molecular weight is 275 g/mol. The second-order valence-corrected chi connectivity index (χ2v) is 6.79. The van der Waals surface area contributed by atoms with Crippen LogP contribution in [0, 0.1) is 5.41 Å². The topological polar surface area (TPSA) is 32.3 Å². The molecular weight excluding hydrogens is 248 g/mol. The van der Waals surface area contributed by atoms with E-state index in [4.69, 9.17) is 11.6 Å².